The topological polar surface area (TPSA) is 34.0 Å². The molecular weight excluding hydrogens is 681 g/mol. The highest BCUT2D eigenvalue weighted by Crippen LogP contribution is 2.49. The van der Waals surface area contributed by atoms with Gasteiger partial charge in [-0.2, -0.15) is 0 Å². The molecule has 6 aromatic carbocycles. The van der Waals surface area contributed by atoms with E-state index in [9.17, 15) is 0 Å². The molecule has 4 heteroatoms. The average molecular weight is 719 g/mol. The molecular formula is C52H38N4. The van der Waals surface area contributed by atoms with Crippen molar-refractivity contribution in [2.75, 3.05) is 4.90 Å². The third-order valence-corrected chi connectivity index (χ3v) is 11.6. The van der Waals surface area contributed by atoms with E-state index in [0.717, 1.165) is 46.9 Å². The predicted octanol–water partition coefficient (Wildman–Crippen LogP) is 12.9. The zero-order chi connectivity index (χ0) is 37.0. The van der Waals surface area contributed by atoms with Crippen molar-refractivity contribution < 1.29 is 0 Å². The van der Waals surface area contributed by atoms with E-state index in [-0.39, 0.29) is 12.0 Å². The third kappa shape index (κ3) is 5.45. The average Bonchev–Trinajstić information content (AvgIpc) is 3.79. The lowest BCUT2D eigenvalue weighted by Crippen LogP contribution is -2.29. The minimum Gasteiger partial charge on any atom is -0.333 e. The van der Waals surface area contributed by atoms with Crippen LogP contribution in [0.1, 0.15) is 35.6 Å². The highest BCUT2D eigenvalue weighted by Gasteiger charge is 2.38. The number of aromatic nitrogens is 3. The number of hydrogen-bond donors (Lipinski definition) is 0. The number of anilines is 2. The van der Waals surface area contributed by atoms with Crippen molar-refractivity contribution in [2.45, 2.75) is 24.8 Å². The standard InChI is InChI=1S/C52H38N4/c1-4-14-35(15-5-1)46-34-47(36-16-6-2-7-17-36)54-52(53-46)37-24-28-41(29-25-37)56-48-22-12-10-20-42(48)44-30-26-39(33-51(44)56)38-27-31-50-45(32-38)43-21-11-13-23-49(43)55(50)40-18-8-3-9-19-40/h1-6,8-16,18-34,44,51H,7,17H2. The zero-order valence-corrected chi connectivity index (χ0v) is 30.8. The van der Waals surface area contributed by atoms with Crippen molar-refractivity contribution in [1.82, 2.24) is 14.5 Å². The molecule has 0 fully saturated rings. The van der Waals surface area contributed by atoms with E-state index in [1.165, 1.54) is 55.5 Å². The van der Waals surface area contributed by atoms with Gasteiger partial charge in [-0.15, -0.1) is 0 Å². The normalized spacial score (nSPS) is 17.2. The number of rotatable bonds is 6. The quantitative estimate of drug-likeness (QED) is 0.172. The Balaban J connectivity index is 0.975. The fourth-order valence-electron chi connectivity index (χ4n) is 8.93. The van der Waals surface area contributed by atoms with Crippen LogP contribution in [0, 0.1) is 0 Å². The Bertz CT molecular complexity index is 2910. The number of para-hydroxylation sites is 3. The molecule has 0 bridgehead atoms. The van der Waals surface area contributed by atoms with Gasteiger partial charge < -0.3 is 9.47 Å². The summed E-state index contributed by atoms with van der Waals surface area (Å²) < 4.78 is 2.38. The van der Waals surface area contributed by atoms with Crippen molar-refractivity contribution in [3.05, 3.63) is 211 Å². The molecule has 0 radical (unpaired) electrons. The highest BCUT2D eigenvalue weighted by molar-refractivity contribution is 6.10. The first-order valence-corrected chi connectivity index (χ1v) is 19.5. The summed E-state index contributed by atoms with van der Waals surface area (Å²) in [7, 11) is 0. The molecule has 0 spiro atoms. The monoisotopic (exact) mass is 718 g/mol. The molecule has 56 heavy (non-hydrogen) atoms. The Morgan fingerprint density at radius 3 is 2.14 bits per heavy atom. The summed E-state index contributed by atoms with van der Waals surface area (Å²) in [5, 5.41) is 2.53. The van der Waals surface area contributed by atoms with Crippen LogP contribution in [0.25, 0.3) is 61.3 Å². The van der Waals surface area contributed by atoms with Gasteiger partial charge in [-0.25, -0.2) is 9.97 Å². The van der Waals surface area contributed by atoms with E-state index in [1.807, 2.05) is 6.07 Å². The third-order valence-electron chi connectivity index (χ3n) is 11.6. The predicted molar refractivity (Wildman–Crippen MR) is 232 cm³/mol. The molecule has 0 saturated carbocycles. The Labute approximate surface area is 326 Å². The smallest absolute Gasteiger partial charge is 0.160 e. The van der Waals surface area contributed by atoms with Crippen LogP contribution in [0.15, 0.2) is 194 Å². The van der Waals surface area contributed by atoms with Crippen molar-refractivity contribution in [1.29, 1.82) is 0 Å². The van der Waals surface area contributed by atoms with Gasteiger partial charge in [-0.3, -0.25) is 0 Å². The number of allylic oxidation sites excluding steroid dienone is 6. The number of fused-ring (bicyclic) bond motifs is 6. The van der Waals surface area contributed by atoms with E-state index in [1.54, 1.807) is 0 Å². The largest absolute Gasteiger partial charge is 0.333 e. The van der Waals surface area contributed by atoms with Crippen LogP contribution in [-0.4, -0.2) is 20.6 Å². The first-order chi connectivity index (χ1) is 27.8. The Kier molecular flexibility index (Phi) is 7.73. The molecule has 2 aromatic heterocycles. The number of benzene rings is 6. The van der Waals surface area contributed by atoms with Crippen molar-refractivity contribution in [3.63, 3.8) is 0 Å². The number of nitrogens with zero attached hydrogens (tertiary/aromatic N) is 4. The maximum atomic E-state index is 5.14. The summed E-state index contributed by atoms with van der Waals surface area (Å²) in [4.78, 5) is 12.8. The van der Waals surface area contributed by atoms with Crippen molar-refractivity contribution in [2.24, 2.45) is 0 Å². The van der Waals surface area contributed by atoms with Gasteiger partial charge in [0.25, 0.3) is 0 Å². The van der Waals surface area contributed by atoms with Gasteiger partial charge in [0.1, 0.15) is 0 Å². The Hall–Kier alpha value is -7.04. The highest BCUT2D eigenvalue weighted by atomic mass is 15.2. The molecule has 266 valence electrons. The van der Waals surface area contributed by atoms with Gasteiger partial charge in [0, 0.05) is 44.9 Å². The second kappa shape index (κ2) is 13.4. The van der Waals surface area contributed by atoms with E-state index in [0.29, 0.717) is 0 Å². The first-order valence-electron chi connectivity index (χ1n) is 19.5. The summed E-state index contributed by atoms with van der Waals surface area (Å²) in [5.74, 6) is 1.000. The summed E-state index contributed by atoms with van der Waals surface area (Å²) in [6.45, 7) is 0. The molecule has 2 aliphatic carbocycles. The second-order valence-corrected chi connectivity index (χ2v) is 14.9. The van der Waals surface area contributed by atoms with E-state index < -0.39 is 0 Å². The summed E-state index contributed by atoms with van der Waals surface area (Å²) >= 11 is 0. The lowest BCUT2D eigenvalue weighted by molar-refractivity contribution is 0.747. The molecule has 4 nitrogen and oxygen atoms in total. The second-order valence-electron chi connectivity index (χ2n) is 14.9. The lowest BCUT2D eigenvalue weighted by atomic mass is 9.86. The Morgan fingerprint density at radius 1 is 0.571 bits per heavy atom. The molecule has 0 saturated heterocycles. The van der Waals surface area contributed by atoms with Gasteiger partial charge in [-0.05, 0) is 102 Å². The van der Waals surface area contributed by atoms with Crippen LogP contribution in [0.2, 0.25) is 0 Å². The first kappa shape index (κ1) is 32.4. The fourth-order valence-corrected chi connectivity index (χ4v) is 8.93. The minimum atomic E-state index is 0.134. The molecule has 2 unspecified atom stereocenters. The van der Waals surface area contributed by atoms with Crippen LogP contribution in [0.4, 0.5) is 11.4 Å². The van der Waals surface area contributed by atoms with Gasteiger partial charge in [0.05, 0.1) is 28.5 Å². The minimum absolute atomic E-state index is 0.134. The van der Waals surface area contributed by atoms with Crippen LogP contribution in [0.3, 0.4) is 0 Å². The van der Waals surface area contributed by atoms with Gasteiger partial charge in [0.2, 0.25) is 0 Å². The summed E-state index contributed by atoms with van der Waals surface area (Å²) in [5.41, 5.74) is 15.1. The maximum absolute atomic E-state index is 5.14. The molecule has 2 atom stereocenters. The van der Waals surface area contributed by atoms with Gasteiger partial charge in [-0.1, -0.05) is 127 Å². The SMILES string of the molecule is C1=CCCC(c2cc(-c3ccccc3)nc(-c3ccc(N4c5ccccc5C5C=CC(c6ccc7c(c6)c6ccccc6n7-c6ccccc6)=CC54)cc3)n2)=C1. The molecule has 3 aliphatic rings. The van der Waals surface area contributed by atoms with E-state index >= 15 is 0 Å². The Morgan fingerprint density at radius 2 is 1.30 bits per heavy atom. The fraction of sp³-hybridized carbons (Fsp3) is 0.0769. The van der Waals surface area contributed by atoms with E-state index in [2.05, 4.69) is 198 Å². The number of hydrogen-bond acceptors (Lipinski definition) is 3. The van der Waals surface area contributed by atoms with Crippen LogP contribution >= 0.6 is 0 Å². The molecule has 0 amide bonds. The molecule has 1 aliphatic heterocycles. The summed E-state index contributed by atoms with van der Waals surface area (Å²) in [6.07, 6.45) is 15.8. The van der Waals surface area contributed by atoms with Crippen LogP contribution in [0.5, 0.6) is 0 Å². The van der Waals surface area contributed by atoms with Gasteiger partial charge >= 0.3 is 0 Å². The van der Waals surface area contributed by atoms with Crippen LogP contribution in [-0.2, 0) is 0 Å². The zero-order valence-electron chi connectivity index (χ0n) is 30.8. The lowest BCUT2D eigenvalue weighted by Gasteiger charge is -2.30. The maximum Gasteiger partial charge on any atom is 0.160 e. The molecule has 8 aromatic rings. The van der Waals surface area contributed by atoms with Crippen molar-refractivity contribution >= 4 is 44.3 Å². The molecule has 11 rings (SSSR count). The summed E-state index contributed by atoms with van der Waals surface area (Å²) in [6, 6.07) is 56.8. The van der Waals surface area contributed by atoms with Crippen LogP contribution < -0.4 is 4.90 Å². The van der Waals surface area contributed by atoms with E-state index in [4.69, 9.17) is 9.97 Å². The molecule has 0 N–H and O–H groups in total. The van der Waals surface area contributed by atoms with Crippen molar-refractivity contribution in [3.8, 4) is 28.3 Å². The van der Waals surface area contributed by atoms with Gasteiger partial charge in [0.15, 0.2) is 5.82 Å². The molecule has 3 heterocycles.